The fourth-order valence-corrected chi connectivity index (χ4v) is 2.83. The van der Waals surface area contributed by atoms with Gasteiger partial charge in [-0.05, 0) is 25.2 Å². The molecule has 0 atom stereocenters. The molecule has 0 unspecified atom stereocenters. The first kappa shape index (κ1) is 15.7. The Morgan fingerprint density at radius 2 is 2.11 bits per heavy atom. The average molecular weight is 284 g/mol. The Kier molecular flexibility index (Phi) is 6.61. The number of anilines is 1. The maximum absolute atomic E-state index is 11.1. The van der Waals surface area contributed by atoms with Gasteiger partial charge in [0.2, 0.25) is 0 Å². The van der Waals surface area contributed by atoms with Gasteiger partial charge in [-0.3, -0.25) is 16.0 Å². The highest BCUT2D eigenvalue weighted by Gasteiger charge is 2.19. The molecule has 3 N–H and O–H groups in total. The minimum atomic E-state index is -0.394. The van der Waals surface area contributed by atoms with Crippen LogP contribution in [0.3, 0.4) is 0 Å². The maximum atomic E-state index is 11.1. The highest BCUT2D eigenvalue weighted by atomic mass is 32.2. The molecule has 6 nitrogen and oxygen atoms in total. The van der Waals surface area contributed by atoms with Gasteiger partial charge >= 0.3 is 5.69 Å². The Balaban J connectivity index is 2.75. The second-order valence-electron chi connectivity index (χ2n) is 3.93. The zero-order valence-electron chi connectivity index (χ0n) is 11.3. The molecule has 0 aromatic heterocycles. The molecule has 0 amide bonds. The number of nitrogens with one attached hydrogen (secondary N) is 1. The van der Waals surface area contributed by atoms with E-state index < -0.39 is 4.92 Å². The fraction of sp³-hybridized carbons (Fsp3) is 0.500. The Labute approximate surface area is 117 Å². The Morgan fingerprint density at radius 3 is 2.63 bits per heavy atom. The van der Waals surface area contributed by atoms with Gasteiger partial charge in [-0.1, -0.05) is 19.9 Å². The SMILES string of the molecule is CCN(CC)CCSc1cccc(NN)c1[N+](=O)[O-]. The van der Waals surface area contributed by atoms with Gasteiger partial charge in [0.1, 0.15) is 5.69 Å². The monoisotopic (exact) mass is 284 g/mol. The lowest BCUT2D eigenvalue weighted by atomic mass is 10.3. The van der Waals surface area contributed by atoms with Crippen molar-refractivity contribution in [1.29, 1.82) is 0 Å². The summed E-state index contributed by atoms with van der Waals surface area (Å²) in [6.07, 6.45) is 0. The van der Waals surface area contributed by atoms with E-state index in [-0.39, 0.29) is 5.69 Å². The van der Waals surface area contributed by atoms with Gasteiger partial charge in [-0.15, -0.1) is 11.8 Å². The number of nitrogen functional groups attached to an aromatic ring is 1. The summed E-state index contributed by atoms with van der Waals surface area (Å²) in [5.41, 5.74) is 2.77. The number of hydrogen-bond acceptors (Lipinski definition) is 6. The van der Waals surface area contributed by atoms with Crippen LogP contribution in [0, 0.1) is 10.1 Å². The molecule has 7 heteroatoms. The number of nitrogens with two attached hydrogens (primary N) is 1. The van der Waals surface area contributed by atoms with Crippen LogP contribution in [0.25, 0.3) is 0 Å². The molecule has 0 fully saturated rings. The average Bonchev–Trinajstić information content (AvgIpc) is 2.42. The normalized spacial score (nSPS) is 10.7. The molecule has 0 saturated carbocycles. The first-order chi connectivity index (χ1) is 9.13. The predicted molar refractivity (Wildman–Crippen MR) is 79.4 cm³/mol. The third-order valence-electron chi connectivity index (χ3n) is 2.90. The quantitative estimate of drug-likeness (QED) is 0.330. The van der Waals surface area contributed by atoms with Crippen molar-refractivity contribution in [2.45, 2.75) is 18.7 Å². The van der Waals surface area contributed by atoms with E-state index in [0.29, 0.717) is 10.6 Å². The number of nitro groups is 1. The molecule has 1 aromatic rings. The molecule has 0 radical (unpaired) electrons. The summed E-state index contributed by atoms with van der Waals surface area (Å²) in [4.78, 5) is 13.6. The Morgan fingerprint density at radius 1 is 1.42 bits per heavy atom. The zero-order chi connectivity index (χ0) is 14.3. The zero-order valence-corrected chi connectivity index (χ0v) is 12.1. The van der Waals surface area contributed by atoms with Gasteiger partial charge in [0.05, 0.1) is 9.82 Å². The van der Waals surface area contributed by atoms with E-state index in [2.05, 4.69) is 24.2 Å². The van der Waals surface area contributed by atoms with Crippen molar-refractivity contribution in [2.24, 2.45) is 5.84 Å². The van der Waals surface area contributed by atoms with Crippen LogP contribution in [0.4, 0.5) is 11.4 Å². The number of hydrogen-bond donors (Lipinski definition) is 2. The molecule has 0 spiro atoms. The summed E-state index contributed by atoms with van der Waals surface area (Å²) >= 11 is 1.49. The number of para-hydroxylation sites is 1. The smallest absolute Gasteiger partial charge is 0.307 e. The van der Waals surface area contributed by atoms with Crippen LogP contribution < -0.4 is 11.3 Å². The molecule has 0 aliphatic heterocycles. The van der Waals surface area contributed by atoms with Crippen LogP contribution in [0.5, 0.6) is 0 Å². The summed E-state index contributed by atoms with van der Waals surface area (Å²) < 4.78 is 0. The van der Waals surface area contributed by atoms with Gasteiger partial charge < -0.3 is 10.3 Å². The van der Waals surface area contributed by atoms with Crippen LogP contribution in [0.2, 0.25) is 0 Å². The largest absolute Gasteiger partial charge is 0.318 e. The molecule has 106 valence electrons. The third-order valence-corrected chi connectivity index (χ3v) is 3.92. The van der Waals surface area contributed by atoms with Crippen LogP contribution in [-0.2, 0) is 0 Å². The summed E-state index contributed by atoms with van der Waals surface area (Å²) in [6, 6.07) is 5.13. The van der Waals surface area contributed by atoms with Crippen molar-refractivity contribution in [3.8, 4) is 0 Å². The topological polar surface area (TPSA) is 84.4 Å². The van der Waals surface area contributed by atoms with Crippen molar-refractivity contribution >= 4 is 23.1 Å². The molecular formula is C12H20N4O2S. The number of rotatable bonds is 8. The Hall–Kier alpha value is -1.31. The third kappa shape index (κ3) is 4.38. The molecule has 0 aliphatic carbocycles. The summed E-state index contributed by atoms with van der Waals surface area (Å²) in [5, 5.41) is 11.1. The number of nitro benzene ring substituents is 1. The number of hydrazine groups is 1. The van der Waals surface area contributed by atoms with E-state index in [1.165, 1.54) is 11.8 Å². The predicted octanol–water partition coefficient (Wildman–Crippen LogP) is 2.31. The fourth-order valence-electron chi connectivity index (χ4n) is 1.77. The van der Waals surface area contributed by atoms with E-state index in [0.717, 1.165) is 25.4 Å². The number of nitrogens with zero attached hydrogens (tertiary/aromatic N) is 2. The van der Waals surface area contributed by atoms with Crippen molar-refractivity contribution in [2.75, 3.05) is 30.8 Å². The lowest BCUT2D eigenvalue weighted by Crippen LogP contribution is -2.25. The van der Waals surface area contributed by atoms with Gasteiger partial charge in [0.25, 0.3) is 0 Å². The molecule has 0 saturated heterocycles. The van der Waals surface area contributed by atoms with Crippen LogP contribution in [-0.4, -0.2) is 35.2 Å². The molecule has 0 heterocycles. The number of thioether (sulfide) groups is 1. The van der Waals surface area contributed by atoms with Crippen LogP contribution >= 0.6 is 11.8 Å². The van der Waals surface area contributed by atoms with Crippen LogP contribution in [0.15, 0.2) is 23.1 Å². The van der Waals surface area contributed by atoms with E-state index in [1.54, 1.807) is 18.2 Å². The molecule has 0 bridgehead atoms. The van der Waals surface area contributed by atoms with Crippen LogP contribution in [0.1, 0.15) is 13.8 Å². The van der Waals surface area contributed by atoms with Gasteiger partial charge in [0.15, 0.2) is 0 Å². The van der Waals surface area contributed by atoms with Crippen molar-refractivity contribution < 1.29 is 4.92 Å². The molecular weight excluding hydrogens is 264 g/mol. The summed E-state index contributed by atoms with van der Waals surface area (Å²) in [6.45, 7) is 7.10. The van der Waals surface area contributed by atoms with E-state index in [4.69, 9.17) is 5.84 Å². The maximum Gasteiger partial charge on any atom is 0.307 e. The van der Waals surface area contributed by atoms with E-state index in [9.17, 15) is 10.1 Å². The lowest BCUT2D eigenvalue weighted by molar-refractivity contribution is -0.386. The highest BCUT2D eigenvalue weighted by molar-refractivity contribution is 7.99. The second-order valence-corrected chi connectivity index (χ2v) is 5.07. The molecule has 0 aliphatic rings. The second kappa shape index (κ2) is 7.98. The van der Waals surface area contributed by atoms with Gasteiger partial charge in [-0.25, -0.2) is 0 Å². The number of benzene rings is 1. The molecule has 1 aromatic carbocycles. The highest BCUT2D eigenvalue weighted by Crippen LogP contribution is 2.34. The van der Waals surface area contributed by atoms with E-state index >= 15 is 0 Å². The Bertz CT molecular complexity index is 424. The first-order valence-electron chi connectivity index (χ1n) is 6.23. The lowest BCUT2D eigenvalue weighted by Gasteiger charge is -2.17. The van der Waals surface area contributed by atoms with Crippen molar-refractivity contribution in [3.63, 3.8) is 0 Å². The first-order valence-corrected chi connectivity index (χ1v) is 7.21. The summed E-state index contributed by atoms with van der Waals surface area (Å²) in [5.74, 6) is 6.12. The van der Waals surface area contributed by atoms with Gasteiger partial charge in [-0.2, -0.15) is 0 Å². The van der Waals surface area contributed by atoms with Crippen molar-refractivity contribution in [1.82, 2.24) is 4.90 Å². The molecule has 19 heavy (non-hydrogen) atoms. The van der Waals surface area contributed by atoms with Crippen molar-refractivity contribution in [3.05, 3.63) is 28.3 Å². The van der Waals surface area contributed by atoms with E-state index in [1.807, 2.05) is 0 Å². The molecule has 1 rings (SSSR count). The standard InChI is InChI=1S/C12H20N4O2S/c1-3-15(4-2)8-9-19-11-7-5-6-10(14-13)12(11)16(17)18/h5-7,14H,3-4,8-9,13H2,1-2H3. The summed E-state index contributed by atoms with van der Waals surface area (Å²) in [7, 11) is 0. The van der Waals surface area contributed by atoms with Gasteiger partial charge in [0, 0.05) is 12.3 Å². The minimum Gasteiger partial charge on any atom is -0.318 e. The minimum absolute atomic E-state index is 0.0505.